The monoisotopic (exact) mass is 255 g/mol. The fraction of sp³-hybridized carbons (Fsp3) is 0.133. The highest BCUT2D eigenvalue weighted by Crippen LogP contribution is 2.24. The van der Waals surface area contributed by atoms with E-state index in [0.29, 0.717) is 0 Å². The summed E-state index contributed by atoms with van der Waals surface area (Å²) in [5.41, 5.74) is 2.35. The van der Waals surface area contributed by atoms with Crippen LogP contribution in [0.25, 0.3) is 10.2 Å². The topological polar surface area (TPSA) is 22.1 Å². The molecule has 2 aromatic carbocycles. The number of fused-ring (bicyclic) bond motifs is 1. The van der Waals surface area contributed by atoms with Crippen LogP contribution in [0.15, 0.2) is 48.5 Å². The van der Waals surface area contributed by atoms with Crippen LogP contribution in [-0.4, -0.2) is 12.1 Å². The van der Waals surface area contributed by atoms with Crippen LogP contribution in [0.1, 0.15) is 10.6 Å². The standard InChI is InChI=1S/C15H13NOS/c1-17-12-8-6-11(7-9-12)10-15-16-13-4-2-3-5-14(13)18-15/h2-9H,10H2,1H3. The van der Waals surface area contributed by atoms with Crippen LogP contribution in [0.2, 0.25) is 0 Å². The predicted octanol–water partition coefficient (Wildman–Crippen LogP) is 3.90. The van der Waals surface area contributed by atoms with Crippen molar-refractivity contribution >= 4 is 21.6 Å². The maximum atomic E-state index is 5.15. The average Bonchev–Trinajstić information content (AvgIpc) is 2.82. The summed E-state index contributed by atoms with van der Waals surface area (Å²) in [6.45, 7) is 0. The number of ether oxygens (including phenoxy) is 1. The minimum Gasteiger partial charge on any atom is -0.497 e. The normalized spacial score (nSPS) is 10.7. The number of hydrogen-bond acceptors (Lipinski definition) is 3. The summed E-state index contributed by atoms with van der Waals surface area (Å²) < 4.78 is 6.41. The van der Waals surface area contributed by atoms with Gasteiger partial charge in [-0.25, -0.2) is 4.98 Å². The van der Waals surface area contributed by atoms with Gasteiger partial charge in [0.25, 0.3) is 0 Å². The van der Waals surface area contributed by atoms with Gasteiger partial charge < -0.3 is 4.74 Å². The minimum atomic E-state index is 0.878. The maximum Gasteiger partial charge on any atom is 0.118 e. The molecule has 3 heteroatoms. The molecule has 0 fully saturated rings. The number of thiazole rings is 1. The van der Waals surface area contributed by atoms with E-state index in [4.69, 9.17) is 4.74 Å². The Kier molecular flexibility index (Phi) is 2.99. The van der Waals surface area contributed by atoms with Crippen molar-refractivity contribution in [1.82, 2.24) is 4.98 Å². The van der Waals surface area contributed by atoms with Gasteiger partial charge in [-0.15, -0.1) is 11.3 Å². The fourth-order valence-electron chi connectivity index (χ4n) is 1.91. The van der Waals surface area contributed by atoms with Crippen LogP contribution in [0.3, 0.4) is 0 Å². The Labute approximate surface area is 110 Å². The number of benzene rings is 2. The van der Waals surface area contributed by atoms with Gasteiger partial charge in [0, 0.05) is 6.42 Å². The van der Waals surface area contributed by atoms with Gasteiger partial charge in [0.1, 0.15) is 5.75 Å². The molecular weight excluding hydrogens is 242 g/mol. The largest absolute Gasteiger partial charge is 0.497 e. The van der Waals surface area contributed by atoms with Gasteiger partial charge >= 0.3 is 0 Å². The second-order valence-corrected chi connectivity index (χ2v) is 5.22. The minimum absolute atomic E-state index is 0.878. The van der Waals surface area contributed by atoms with E-state index in [9.17, 15) is 0 Å². The Morgan fingerprint density at radius 1 is 1.06 bits per heavy atom. The summed E-state index contributed by atoms with van der Waals surface area (Å²) in [4.78, 5) is 4.64. The Balaban J connectivity index is 1.86. The number of nitrogens with zero attached hydrogens (tertiary/aromatic N) is 1. The van der Waals surface area contributed by atoms with Crippen molar-refractivity contribution in [1.29, 1.82) is 0 Å². The van der Waals surface area contributed by atoms with E-state index in [2.05, 4.69) is 35.3 Å². The first kappa shape index (κ1) is 11.2. The molecule has 0 atom stereocenters. The van der Waals surface area contributed by atoms with E-state index < -0.39 is 0 Å². The molecule has 0 unspecified atom stereocenters. The molecule has 1 heterocycles. The van der Waals surface area contributed by atoms with Crippen LogP contribution >= 0.6 is 11.3 Å². The van der Waals surface area contributed by atoms with Gasteiger partial charge in [-0.1, -0.05) is 24.3 Å². The van der Waals surface area contributed by atoms with Crippen LogP contribution in [0, 0.1) is 0 Å². The van der Waals surface area contributed by atoms with Crippen LogP contribution in [0.5, 0.6) is 5.75 Å². The van der Waals surface area contributed by atoms with Crippen molar-refractivity contribution in [2.24, 2.45) is 0 Å². The summed E-state index contributed by atoms with van der Waals surface area (Å²) in [5.74, 6) is 0.892. The Bertz CT molecular complexity index is 625. The zero-order valence-corrected chi connectivity index (χ0v) is 10.9. The van der Waals surface area contributed by atoms with E-state index in [1.165, 1.54) is 10.3 Å². The van der Waals surface area contributed by atoms with Gasteiger partial charge in [0.2, 0.25) is 0 Å². The molecule has 2 nitrogen and oxygen atoms in total. The molecule has 18 heavy (non-hydrogen) atoms. The number of hydrogen-bond donors (Lipinski definition) is 0. The molecule has 3 aromatic rings. The SMILES string of the molecule is COc1ccc(Cc2nc3ccccc3s2)cc1. The molecule has 3 rings (SSSR count). The highest BCUT2D eigenvalue weighted by atomic mass is 32.1. The lowest BCUT2D eigenvalue weighted by molar-refractivity contribution is 0.414. The number of rotatable bonds is 3. The summed E-state index contributed by atoms with van der Waals surface area (Å²) in [6, 6.07) is 16.4. The quantitative estimate of drug-likeness (QED) is 0.708. The first-order valence-electron chi connectivity index (χ1n) is 5.82. The number of para-hydroxylation sites is 1. The van der Waals surface area contributed by atoms with Crippen molar-refractivity contribution in [2.45, 2.75) is 6.42 Å². The third kappa shape index (κ3) is 2.22. The van der Waals surface area contributed by atoms with E-state index in [0.717, 1.165) is 22.7 Å². The summed E-state index contributed by atoms with van der Waals surface area (Å²) in [7, 11) is 1.68. The summed E-state index contributed by atoms with van der Waals surface area (Å²) in [6.07, 6.45) is 0.878. The van der Waals surface area contributed by atoms with Crippen molar-refractivity contribution in [2.75, 3.05) is 7.11 Å². The Morgan fingerprint density at radius 3 is 2.56 bits per heavy atom. The predicted molar refractivity (Wildman–Crippen MR) is 75.4 cm³/mol. The van der Waals surface area contributed by atoms with Crippen LogP contribution in [0.4, 0.5) is 0 Å². The zero-order valence-electron chi connectivity index (χ0n) is 10.1. The lowest BCUT2D eigenvalue weighted by Crippen LogP contribution is -1.88. The Hall–Kier alpha value is -1.87. The molecular formula is C15H13NOS. The lowest BCUT2D eigenvalue weighted by Gasteiger charge is -2.01. The molecule has 0 N–H and O–H groups in total. The van der Waals surface area contributed by atoms with Gasteiger partial charge in [-0.3, -0.25) is 0 Å². The lowest BCUT2D eigenvalue weighted by atomic mass is 10.1. The molecule has 0 bridgehead atoms. The Morgan fingerprint density at radius 2 is 1.83 bits per heavy atom. The van der Waals surface area contributed by atoms with Crippen LogP contribution in [-0.2, 0) is 6.42 Å². The van der Waals surface area contributed by atoms with Crippen molar-refractivity contribution in [3.63, 3.8) is 0 Å². The first-order chi connectivity index (χ1) is 8.85. The van der Waals surface area contributed by atoms with Gasteiger partial charge in [-0.05, 0) is 29.8 Å². The molecule has 0 amide bonds. The second-order valence-electron chi connectivity index (χ2n) is 4.10. The summed E-state index contributed by atoms with van der Waals surface area (Å²) >= 11 is 1.76. The van der Waals surface area contributed by atoms with E-state index >= 15 is 0 Å². The third-order valence-corrected chi connectivity index (χ3v) is 3.89. The summed E-state index contributed by atoms with van der Waals surface area (Å²) in [5, 5.41) is 1.15. The third-order valence-electron chi connectivity index (χ3n) is 2.85. The molecule has 90 valence electrons. The van der Waals surface area contributed by atoms with Gasteiger partial charge in [0.05, 0.1) is 22.3 Å². The van der Waals surface area contributed by atoms with Crippen LogP contribution < -0.4 is 4.74 Å². The highest BCUT2D eigenvalue weighted by molar-refractivity contribution is 7.18. The van der Waals surface area contributed by atoms with Crippen molar-refractivity contribution in [3.8, 4) is 5.75 Å². The number of aromatic nitrogens is 1. The number of methoxy groups -OCH3 is 1. The molecule has 0 saturated heterocycles. The second kappa shape index (κ2) is 4.78. The first-order valence-corrected chi connectivity index (χ1v) is 6.64. The molecule has 0 aliphatic rings. The molecule has 0 radical (unpaired) electrons. The van der Waals surface area contributed by atoms with E-state index in [-0.39, 0.29) is 0 Å². The zero-order chi connectivity index (χ0) is 12.4. The fourth-order valence-corrected chi connectivity index (χ4v) is 2.92. The highest BCUT2D eigenvalue weighted by Gasteiger charge is 2.04. The van der Waals surface area contributed by atoms with E-state index in [1.807, 2.05) is 18.2 Å². The van der Waals surface area contributed by atoms with Crippen molar-refractivity contribution < 1.29 is 4.74 Å². The molecule has 0 aliphatic carbocycles. The van der Waals surface area contributed by atoms with Crippen molar-refractivity contribution in [3.05, 3.63) is 59.1 Å². The smallest absolute Gasteiger partial charge is 0.118 e. The molecule has 0 aliphatic heterocycles. The van der Waals surface area contributed by atoms with Gasteiger partial charge in [0.15, 0.2) is 0 Å². The molecule has 0 saturated carbocycles. The van der Waals surface area contributed by atoms with E-state index in [1.54, 1.807) is 18.4 Å². The molecule has 0 spiro atoms. The molecule has 1 aromatic heterocycles. The van der Waals surface area contributed by atoms with Gasteiger partial charge in [-0.2, -0.15) is 0 Å². The average molecular weight is 255 g/mol. The maximum absolute atomic E-state index is 5.15.